The van der Waals surface area contributed by atoms with E-state index in [1.54, 1.807) is 0 Å². The van der Waals surface area contributed by atoms with E-state index in [2.05, 4.69) is 66.0 Å². The van der Waals surface area contributed by atoms with Crippen molar-refractivity contribution < 1.29 is 4.74 Å². The van der Waals surface area contributed by atoms with Crippen LogP contribution in [0.15, 0.2) is 48.5 Å². The Morgan fingerprint density at radius 2 is 1.29 bits per heavy atom. The minimum atomic E-state index is 0.0369. The van der Waals surface area contributed by atoms with Crippen molar-refractivity contribution in [2.45, 2.75) is 50.0 Å². The van der Waals surface area contributed by atoms with Gasteiger partial charge < -0.3 is 10.1 Å². The molecule has 2 bridgehead atoms. The van der Waals surface area contributed by atoms with Crippen LogP contribution in [0.25, 0.3) is 12.2 Å². The molecule has 2 heterocycles. The number of hydrogen-bond acceptors (Lipinski definition) is 2. The molecule has 1 aliphatic carbocycles. The monoisotopic (exact) mass is 317 g/mol. The number of piperidine rings is 1. The summed E-state index contributed by atoms with van der Waals surface area (Å²) in [4.78, 5) is 0. The fraction of sp³-hybridized carbons (Fsp3) is 0.364. The van der Waals surface area contributed by atoms with Gasteiger partial charge in [0, 0.05) is 12.1 Å². The molecular weight excluding hydrogens is 294 g/mol. The second-order valence-electron chi connectivity index (χ2n) is 7.34. The summed E-state index contributed by atoms with van der Waals surface area (Å²) in [7, 11) is 0. The molecule has 2 heteroatoms. The zero-order chi connectivity index (χ0) is 15.9. The third kappa shape index (κ3) is 2.51. The second kappa shape index (κ2) is 5.87. The number of hydrogen-bond donors (Lipinski definition) is 1. The van der Waals surface area contributed by atoms with Gasteiger partial charge in [0.15, 0.2) is 0 Å². The number of fused-ring (bicyclic) bond motifs is 4. The smallest absolute Gasteiger partial charge is 0.109 e. The summed E-state index contributed by atoms with van der Waals surface area (Å²) in [5, 5.41) is 3.72. The van der Waals surface area contributed by atoms with Gasteiger partial charge in [-0.3, -0.25) is 0 Å². The van der Waals surface area contributed by atoms with Crippen LogP contribution in [0.5, 0.6) is 0 Å². The molecular formula is C22H23NO. The average molecular weight is 317 g/mol. The summed E-state index contributed by atoms with van der Waals surface area (Å²) in [6.45, 7) is 0. The van der Waals surface area contributed by atoms with Crippen molar-refractivity contribution in [2.75, 3.05) is 0 Å². The molecule has 3 aliphatic rings. The SMILES string of the molecule is C1=Cc2ccccc2C(OC2CC3CCC(C2)N3)c2ccccc21. The topological polar surface area (TPSA) is 21.3 Å². The molecule has 0 aromatic heterocycles. The van der Waals surface area contributed by atoms with Crippen LogP contribution in [0, 0.1) is 0 Å². The van der Waals surface area contributed by atoms with Crippen LogP contribution in [0.2, 0.25) is 0 Å². The molecule has 0 radical (unpaired) electrons. The Kier molecular flexibility index (Phi) is 3.53. The summed E-state index contributed by atoms with van der Waals surface area (Å²) in [6, 6.07) is 18.6. The highest BCUT2D eigenvalue weighted by Crippen LogP contribution is 2.39. The maximum Gasteiger partial charge on any atom is 0.109 e. The highest BCUT2D eigenvalue weighted by Gasteiger charge is 2.36. The molecule has 2 nitrogen and oxygen atoms in total. The molecule has 2 saturated heterocycles. The standard InChI is InChI=1S/C22H23NO/c1-3-7-20-15(5-1)9-10-16-6-2-4-8-21(16)22(20)24-19-13-17-11-12-18(14-19)23-17/h1-10,17-19,22-23H,11-14H2. The first-order chi connectivity index (χ1) is 11.9. The first-order valence-electron chi connectivity index (χ1n) is 9.14. The minimum Gasteiger partial charge on any atom is -0.365 e. The Hall–Kier alpha value is -1.90. The molecule has 2 fully saturated rings. The van der Waals surface area contributed by atoms with Gasteiger partial charge >= 0.3 is 0 Å². The van der Waals surface area contributed by atoms with Crippen LogP contribution in [0.1, 0.15) is 54.0 Å². The summed E-state index contributed by atoms with van der Waals surface area (Å²) in [6.07, 6.45) is 9.75. The van der Waals surface area contributed by atoms with E-state index in [1.165, 1.54) is 35.1 Å². The predicted molar refractivity (Wildman–Crippen MR) is 97.7 cm³/mol. The fourth-order valence-corrected chi connectivity index (χ4v) is 4.61. The molecule has 1 N–H and O–H groups in total. The lowest BCUT2D eigenvalue weighted by atomic mass is 9.95. The van der Waals surface area contributed by atoms with Gasteiger partial charge in [-0.1, -0.05) is 60.7 Å². The van der Waals surface area contributed by atoms with Crippen molar-refractivity contribution in [1.82, 2.24) is 5.32 Å². The van der Waals surface area contributed by atoms with Crippen LogP contribution >= 0.6 is 0 Å². The Morgan fingerprint density at radius 1 is 0.750 bits per heavy atom. The quantitative estimate of drug-likeness (QED) is 0.877. The lowest BCUT2D eigenvalue weighted by Crippen LogP contribution is -2.41. The Bertz CT molecular complexity index is 720. The summed E-state index contributed by atoms with van der Waals surface area (Å²) < 4.78 is 6.77. The maximum absolute atomic E-state index is 6.77. The summed E-state index contributed by atoms with van der Waals surface area (Å²) in [5.41, 5.74) is 5.14. The van der Waals surface area contributed by atoms with E-state index in [9.17, 15) is 0 Å². The lowest BCUT2D eigenvalue weighted by Gasteiger charge is -2.33. The number of benzene rings is 2. The van der Waals surface area contributed by atoms with Gasteiger partial charge in [0.05, 0.1) is 6.10 Å². The summed E-state index contributed by atoms with van der Waals surface area (Å²) in [5.74, 6) is 0. The molecule has 0 saturated carbocycles. The van der Waals surface area contributed by atoms with Gasteiger partial charge in [-0.15, -0.1) is 0 Å². The van der Waals surface area contributed by atoms with E-state index < -0.39 is 0 Å². The normalized spacial score (nSPS) is 28.2. The Labute approximate surface area is 143 Å². The van der Waals surface area contributed by atoms with E-state index in [4.69, 9.17) is 4.74 Å². The van der Waals surface area contributed by atoms with E-state index in [1.807, 2.05) is 0 Å². The third-order valence-corrected chi connectivity index (χ3v) is 5.76. The second-order valence-corrected chi connectivity index (χ2v) is 7.34. The van der Waals surface area contributed by atoms with Crippen molar-refractivity contribution in [3.8, 4) is 0 Å². The highest BCUT2D eigenvalue weighted by atomic mass is 16.5. The van der Waals surface area contributed by atoms with Gasteiger partial charge in [0.1, 0.15) is 6.10 Å². The Balaban J connectivity index is 1.53. The molecule has 0 spiro atoms. The number of ether oxygens (including phenoxy) is 1. The van der Waals surface area contributed by atoms with Crippen molar-refractivity contribution in [1.29, 1.82) is 0 Å². The number of nitrogens with one attached hydrogen (secondary N) is 1. The largest absolute Gasteiger partial charge is 0.365 e. The number of rotatable bonds is 2. The molecule has 5 rings (SSSR count). The third-order valence-electron chi connectivity index (χ3n) is 5.76. The molecule has 2 aliphatic heterocycles. The van der Waals surface area contributed by atoms with Gasteiger partial charge in [-0.05, 0) is 47.9 Å². The summed E-state index contributed by atoms with van der Waals surface area (Å²) >= 11 is 0. The molecule has 2 unspecified atom stereocenters. The molecule has 2 aromatic rings. The van der Waals surface area contributed by atoms with Crippen LogP contribution in [0.3, 0.4) is 0 Å². The van der Waals surface area contributed by atoms with Crippen molar-refractivity contribution in [3.05, 3.63) is 70.8 Å². The first-order valence-corrected chi connectivity index (χ1v) is 9.14. The van der Waals surface area contributed by atoms with E-state index in [-0.39, 0.29) is 6.10 Å². The van der Waals surface area contributed by atoms with Gasteiger partial charge in [-0.25, -0.2) is 0 Å². The van der Waals surface area contributed by atoms with Crippen molar-refractivity contribution >= 4 is 12.2 Å². The minimum absolute atomic E-state index is 0.0369. The lowest BCUT2D eigenvalue weighted by molar-refractivity contribution is -0.0182. The molecule has 0 amide bonds. The van der Waals surface area contributed by atoms with Crippen molar-refractivity contribution in [2.24, 2.45) is 0 Å². The zero-order valence-electron chi connectivity index (χ0n) is 13.8. The highest BCUT2D eigenvalue weighted by molar-refractivity contribution is 5.76. The van der Waals surface area contributed by atoms with E-state index in [0.717, 1.165) is 12.8 Å². The van der Waals surface area contributed by atoms with E-state index >= 15 is 0 Å². The van der Waals surface area contributed by atoms with Gasteiger partial charge in [-0.2, -0.15) is 0 Å². The maximum atomic E-state index is 6.77. The predicted octanol–water partition coefficient (Wildman–Crippen LogP) is 4.56. The zero-order valence-corrected chi connectivity index (χ0v) is 13.8. The van der Waals surface area contributed by atoms with Crippen LogP contribution in [-0.2, 0) is 4.74 Å². The van der Waals surface area contributed by atoms with Gasteiger partial charge in [0.25, 0.3) is 0 Å². The molecule has 2 atom stereocenters. The molecule has 24 heavy (non-hydrogen) atoms. The van der Waals surface area contributed by atoms with Crippen LogP contribution in [-0.4, -0.2) is 18.2 Å². The van der Waals surface area contributed by atoms with E-state index in [0.29, 0.717) is 18.2 Å². The average Bonchev–Trinajstić information content (AvgIpc) is 2.88. The fourth-order valence-electron chi connectivity index (χ4n) is 4.61. The van der Waals surface area contributed by atoms with Crippen molar-refractivity contribution in [3.63, 3.8) is 0 Å². The molecule has 2 aromatic carbocycles. The van der Waals surface area contributed by atoms with Crippen LogP contribution < -0.4 is 5.32 Å². The van der Waals surface area contributed by atoms with Crippen LogP contribution in [0.4, 0.5) is 0 Å². The Morgan fingerprint density at radius 3 is 1.88 bits per heavy atom. The molecule has 122 valence electrons. The first kappa shape index (κ1) is 14.4. The van der Waals surface area contributed by atoms with Gasteiger partial charge in [0.2, 0.25) is 0 Å².